The fraction of sp³-hybridized carbons (Fsp3) is 0.143. The molecule has 0 amide bonds. The highest BCUT2D eigenvalue weighted by molar-refractivity contribution is 9.10. The van der Waals surface area contributed by atoms with Crippen LogP contribution in [0.5, 0.6) is 0 Å². The summed E-state index contributed by atoms with van der Waals surface area (Å²) in [5.74, 6) is 6.65. The Morgan fingerprint density at radius 1 is 1.44 bits per heavy atom. The van der Waals surface area contributed by atoms with Crippen molar-refractivity contribution in [1.82, 2.24) is 20.1 Å². The van der Waals surface area contributed by atoms with Crippen LogP contribution in [0.15, 0.2) is 21.6 Å². The van der Waals surface area contributed by atoms with Crippen molar-refractivity contribution >= 4 is 27.7 Å². The summed E-state index contributed by atoms with van der Waals surface area (Å²) in [5, 5.41) is 6.67. The molecule has 16 heavy (non-hydrogen) atoms. The molecule has 0 fully saturated rings. The van der Waals surface area contributed by atoms with Crippen molar-refractivity contribution in [3.8, 4) is 0 Å². The van der Waals surface area contributed by atoms with E-state index in [1.807, 2.05) is 0 Å². The van der Waals surface area contributed by atoms with E-state index in [1.165, 1.54) is 6.39 Å². The van der Waals surface area contributed by atoms with Gasteiger partial charge in [-0.25, -0.2) is 10.8 Å². The average molecular weight is 286 g/mol. The van der Waals surface area contributed by atoms with Crippen LogP contribution in [0.3, 0.4) is 0 Å². The molecule has 84 valence electrons. The zero-order valence-electron chi connectivity index (χ0n) is 8.01. The standard InChI is InChI=1S/C7H8BrN7O/c8-4-1-11-7(14-9)13-6(4)10-2-5-12-3-16-15-5/h1,3H,2,9H2,(H2,10,11,13,14). The van der Waals surface area contributed by atoms with E-state index >= 15 is 0 Å². The lowest BCUT2D eigenvalue weighted by Gasteiger charge is -2.06. The van der Waals surface area contributed by atoms with Crippen molar-refractivity contribution in [3.63, 3.8) is 0 Å². The minimum absolute atomic E-state index is 0.318. The zero-order valence-corrected chi connectivity index (χ0v) is 9.60. The number of halogens is 1. The van der Waals surface area contributed by atoms with E-state index in [9.17, 15) is 0 Å². The van der Waals surface area contributed by atoms with Gasteiger partial charge in [-0.1, -0.05) is 5.16 Å². The molecule has 8 nitrogen and oxygen atoms in total. The van der Waals surface area contributed by atoms with E-state index in [-0.39, 0.29) is 0 Å². The predicted molar refractivity (Wildman–Crippen MR) is 59.2 cm³/mol. The summed E-state index contributed by atoms with van der Waals surface area (Å²) < 4.78 is 5.32. The summed E-state index contributed by atoms with van der Waals surface area (Å²) in [4.78, 5) is 11.9. The number of nitrogens with one attached hydrogen (secondary N) is 2. The molecule has 9 heteroatoms. The second-order valence-electron chi connectivity index (χ2n) is 2.74. The maximum absolute atomic E-state index is 5.20. The van der Waals surface area contributed by atoms with E-state index in [4.69, 9.17) is 5.84 Å². The summed E-state index contributed by atoms with van der Waals surface area (Å²) in [6, 6.07) is 0. The molecule has 0 aliphatic heterocycles. The molecule has 0 atom stereocenters. The number of nitrogen functional groups attached to an aromatic ring is 1. The highest BCUT2D eigenvalue weighted by Crippen LogP contribution is 2.19. The van der Waals surface area contributed by atoms with Gasteiger partial charge >= 0.3 is 0 Å². The summed E-state index contributed by atoms with van der Waals surface area (Å²) in [6.45, 7) is 0.399. The van der Waals surface area contributed by atoms with E-state index in [1.54, 1.807) is 6.20 Å². The number of hydrogen-bond donors (Lipinski definition) is 3. The van der Waals surface area contributed by atoms with Crippen molar-refractivity contribution in [2.45, 2.75) is 6.54 Å². The molecular weight excluding hydrogens is 278 g/mol. The molecule has 2 rings (SSSR count). The molecule has 2 aromatic rings. The maximum atomic E-state index is 5.20. The second-order valence-corrected chi connectivity index (χ2v) is 3.59. The minimum atomic E-state index is 0.318. The van der Waals surface area contributed by atoms with Gasteiger partial charge in [-0.2, -0.15) is 9.97 Å². The largest absolute Gasteiger partial charge is 0.362 e. The first-order chi connectivity index (χ1) is 7.79. The van der Waals surface area contributed by atoms with Crippen LogP contribution in [0.1, 0.15) is 5.82 Å². The Bertz CT molecular complexity index is 460. The fourth-order valence-corrected chi connectivity index (χ4v) is 1.32. The van der Waals surface area contributed by atoms with Crippen molar-refractivity contribution in [3.05, 3.63) is 22.9 Å². The van der Waals surface area contributed by atoms with Crippen LogP contribution in [-0.2, 0) is 6.54 Å². The van der Waals surface area contributed by atoms with Gasteiger partial charge in [0.15, 0.2) is 5.82 Å². The van der Waals surface area contributed by atoms with Gasteiger partial charge < -0.3 is 9.84 Å². The molecule has 0 radical (unpaired) electrons. The first-order valence-electron chi connectivity index (χ1n) is 4.28. The Morgan fingerprint density at radius 3 is 3.00 bits per heavy atom. The van der Waals surface area contributed by atoms with Crippen molar-refractivity contribution in [1.29, 1.82) is 0 Å². The second kappa shape index (κ2) is 4.86. The van der Waals surface area contributed by atoms with Crippen LogP contribution in [0.4, 0.5) is 11.8 Å². The number of rotatable bonds is 4. The third-order valence-corrected chi connectivity index (χ3v) is 2.27. The van der Waals surface area contributed by atoms with Gasteiger partial charge in [-0.05, 0) is 15.9 Å². The SMILES string of the molecule is NNc1ncc(Br)c(NCc2ncon2)n1. The first-order valence-corrected chi connectivity index (χ1v) is 5.07. The quantitative estimate of drug-likeness (QED) is 0.550. The number of nitrogens with two attached hydrogens (primary N) is 1. The topological polar surface area (TPSA) is 115 Å². The van der Waals surface area contributed by atoms with Crippen LogP contribution >= 0.6 is 15.9 Å². The van der Waals surface area contributed by atoms with Crippen LogP contribution < -0.4 is 16.6 Å². The Hall–Kier alpha value is -1.74. The third-order valence-electron chi connectivity index (χ3n) is 1.69. The minimum Gasteiger partial charge on any atom is -0.362 e. The molecule has 2 aromatic heterocycles. The summed E-state index contributed by atoms with van der Waals surface area (Å²) in [7, 11) is 0. The Balaban J connectivity index is 2.08. The normalized spacial score (nSPS) is 10.1. The lowest BCUT2D eigenvalue weighted by Crippen LogP contribution is -2.12. The van der Waals surface area contributed by atoms with E-state index in [0.717, 1.165) is 4.47 Å². The van der Waals surface area contributed by atoms with Gasteiger partial charge in [0, 0.05) is 6.20 Å². The zero-order chi connectivity index (χ0) is 11.4. The van der Waals surface area contributed by atoms with Crippen LogP contribution in [0.25, 0.3) is 0 Å². The predicted octanol–water partition coefficient (Wildman–Crippen LogP) is 0.520. The maximum Gasteiger partial charge on any atom is 0.239 e. The monoisotopic (exact) mass is 285 g/mol. The fourth-order valence-electron chi connectivity index (χ4n) is 0.994. The first kappa shape index (κ1) is 10.8. The molecule has 4 N–H and O–H groups in total. The highest BCUT2D eigenvalue weighted by atomic mass is 79.9. The van der Waals surface area contributed by atoms with Gasteiger partial charge in [0.05, 0.1) is 11.0 Å². The van der Waals surface area contributed by atoms with Crippen LogP contribution in [-0.4, -0.2) is 20.1 Å². The summed E-state index contributed by atoms with van der Waals surface area (Å²) in [6.07, 6.45) is 2.85. The number of aromatic nitrogens is 4. The van der Waals surface area contributed by atoms with Crippen LogP contribution in [0.2, 0.25) is 0 Å². The van der Waals surface area contributed by atoms with Crippen molar-refractivity contribution < 1.29 is 4.52 Å². The Labute approximate surface area is 98.8 Å². The Morgan fingerprint density at radius 2 is 2.31 bits per heavy atom. The van der Waals surface area contributed by atoms with Gasteiger partial charge in [0.1, 0.15) is 5.82 Å². The molecule has 0 aromatic carbocycles. The third kappa shape index (κ3) is 2.44. The molecule has 0 aliphatic carbocycles. The van der Waals surface area contributed by atoms with Crippen LogP contribution in [0, 0.1) is 0 Å². The number of hydrogen-bond acceptors (Lipinski definition) is 8. The van der Waals surface area contributed by atoms with Gasteiger partial charge in [0.25, 0.3) is 0 Å². The van der Waals surface area contributed by atoms with Gasteiger partial charge in [0.2, 0.25) is 12.3 Å². The van der Waals surface area contributed by atoms with Gasteiger partial charge in [-0.3, -0.25) is 5.43 Å². The lowest BCUT2D eigenvalue weighted by molar-refractivity contribution is 0.411. The molecule has 0 bridgehead atoms. The smallest absolute Gasteiger partial charge is 0.239 e. The number of hydrazine groups is 1. The number of anilines is 2. The summed E-state index contributed by atoms with van der Waals surface area (Å²) >= 11 is 3.30. The molecule has 0 saturated heterocycles. The average Bonchev–Trinajstić information content (AvgIpc) is 2.81. The van der Waals surface area contributed by atoms with Gasteiger partial charge in [-0.15, -0.1) is 0 Å². The molecule has 0 saturated carbocycles. The van der Waals surface area contributed by atoms with E-state index in [2.05, 4.69) is 51.3 Å². The van der Waals surface area contributed by atoms with E-state index < -0.39 is 0 Å². The molecule has 0 unspecified atom stereocenters. The van der Waals surface area contributed by atoms with Crippen molar-refractivity contribution in [2.24, 2.45) is 5.84 Å². The molecule has 0 spiro atoms. The van der Waals surface area contributed by atoms with Crippen molar-refractivity contribution in [2.75, 3.05) is 10.7 Å². The Kier molecular flexibility index (Phi) is 3.27. The lowest BCUT2D eigenvalue weighted by atomic mass is 10.5. The summed E-state index contributed by atoms with van der Waals surface area (Å²) in [5.41, 5.74) is 2.35. The molecular formula is C7H8BrN7O. The molecule has 0 aliphatic rings. The molecule has 2 heterocycles. The van der Waals surface area contributed by atoms with E-state index in [0.29, 0.717) is 24.1 Å². The number of nitrogens with zero attached hydrogens (tertiary/aromatic N) is 4. The highest BCUT2D eigenvalue weighted by Gasteiger charge is 2.05.